The van der Waals surface area contributed by atoms with Crippen LogP contribution in [0.1, 0.15) is 35.0 Å². The van der Waals surface area contributed by atoms with Gasteiger partial charge in [-0.3, -0.25) is 0 Å². The number of fused-ring (bicyclic) bond motifs is 2. The van der Waals surface area contributed by atoms with E-state index >= 15 is 0 Å². The molecular weight excluding hydrogens is 542 g/mol. The number of ether oxygens (including phenoxy) is 3. The van der Waals surface area contributed by atoms with Gasteiger partial charge in [-0.1, -0.05) is 60.7 Å². The Hall–Kier alpha value is -3.77. The number of carbonyl (C=O) groups excluding carboxylic acids is 1. The smallest absolute Gasteiger partial charge is 0.355 e. The summed E-state index contributed by atoms with van der Waals surface area (Å²) in [6, 6.07) is 28.3. The lowest BCUT2D eigenvalue weighted by Gasteiger charge is -2.13. The maximum Gasteiger partial charge on any atom is 0.355 e. The SMILES string of the molecule is CCOC(=O)c1c(CCCOc2cccc3ccccc23)c2cccc(Br)c2n1Cc1ccc(OC)cc1. The van der Waals surface area contributed by atoms with Crippen molar-refractivity contribution in [3.8, 4) is 11.5 Å². The molecule has 0 unspecified atom stereocenters. The number of hydrogen-bond donors (Lipinski definition) is 0. The second-order valence-corrected chi connectivity index (χ2v) is 9.90. The molecule has 0 N–H and O–H groups in total. The number of halogens is 1. The number of hydrogen-bond acceptors (Lipinski definition) is 4. The predicted molar refractivity (Wildman–Crippen MR) is 155 cm³/mol. The molecule has 0 atom stereocenters. The van der Waals surface area contributed by atoms with Crippen LogP contribution in [-0.2, 0) is 17.7 Å². The number of methoxy groups -OCH3 is 1. The number of nitrogens with zero attached hydrogens (tertiary/aromatic N) is 1. The Balaban J connectivity index is 1.47. The van der Waals surface area contributed by atoms with E-state index in [4.69, 9.17) is 14.2 Å². The summed E-state index contributed by atoms with van der Waals surface area (Å²) in [6.07, 6.45) is 1.44. The topological polar surface area (TPSA) is 49.7 Å². The van der Waals surface area contributed by atoms with Gasteiger partial charge in [-0.15, -0.1) is 0 Å². The van der Waals surface area contributed by atoms with Gasteiger partial charge in [0, 0.05) is 21.8 Å². The zero-order chi connectivity index (χ0) is 26.5. The molecule has 0 aliphatic carbocycles. The minimum Gasteiger partial charge on any atom is -0.497 e. The highest BCUT2D eigenvalue weighted by molar-refractivity contribution is 9.10. The lowest BCUT2D eigenvalue weighted by molar-refractivity contribution is 0.0513. The van der Waals surface area contributed by atoms with E-state index in [0.29, 0.717) is 31.9 Å². The number of aromatic nitrogens is 1. The second kappa shape index (κ2) is 11.7. The summed E-state index contributed by atoms with van der Waals surface area (Å²) < 4.78 is 20.1. The van der Waals surface area contributed by atoms with Gasteiger partial charge in [0.1, 0.15) is 17.2 Å². The van der Waals surface area contributed by atoms with Gasteiger partial charge in [-0.2, -0.15) is 0 Å². The molecule has 38 heavy (non-hydrogen) atoms. The Morgan fingerprint density at radius 3 is 2.42 bits per heavy atom. The highest BCUT2D eigenvalue weighted by atomic mass is 79.9. The van der Waals surface area contributed by atoms with E-state index in [1.165, 1.54) is 0 Å². The first-order chi connectivity index (χ1) is 18.6. The first-order valence-corrected chi connectivity index (χ1v) is 13.6. The second-order valence-electron chi connectivity index (χ2n) is 9.05. The van der Waals surface area contributed by atoms with E-state index in [-0.39, 0.29) is 5.97 Å². The van der Waals surface area contributed by atoms with Gasteiger partial charge < -0.3 is 18.8 Å². The Morgan fingerprint density at radius 1 is 0.895 bits per heavy atom. The largest absolute Gasteiger partial charge is 0.497 e. The molecule has 0 radical (unpaired) electrons. The van der Waals surface area contributed by atoms with Gasteiger partial charge in [0.15, 0.2) is 0 Å². The maximum atomic E-state index is 13.3. The van der Waals surface area contributed by atoms with Gasteiger partial charge >= 0.3 is 5.97 Å². The Morgan fingerprint density at radius 2 is 1.63 bits per heavy atom. The molecule has 5 aromatic rings. The summed E-state index contributed by atoms with van der Waals surface area (Å²) in [5.41, 5.74) is 3.62. The van der Waals surface area contributed by atoms with Crippen molar-refractivity contribution in [3.63, 3.8) is 0 Å². The quantitative estimate of drug-likeness (QED) is 0.127. The van der Waals surface area contributed by atoms with Gasteiger partial charge in [-0.05, 0) is 76.5 Å². The molecule has 0 aliphatic rings. The molecule has 0 spiro atoms. The number of benzene rings is 4. The van der Waals surface area contributed by atoms with Gasteiger partial charge in [-0.25, -0.2) is 4.79 Å². The van der Waals surface area contributed by atoms with E-state index in [9.17, 15) is 4.79 Å². The summed E-state index contributed by atoms with van der Waals surface area (Å²) in [5, 5.41) is 3.30. The fourth-order valence-electron chi connectivity index (χ4n) is 4.95. The van der Waals surface area contributed by atoms with Crippen molar-refractivity contribution in [2.24, 2.45) is 0 Å². The van der Waals surface area contributed by atoms with Crippen molar-refractivity contribution >= 4 is 43.6 Å². The summed E-state index contributed by atoms with van der Waals surface area (Å²) in [5.74, 6) is 1.36. The van der Waals surface area contributed by atoms with Gasteiger partial charge in [0.2, 0.25) is 0 Å². The molecule has 6 heteroatoms. The average molecular weight is 572 g/mol. The molecule has 5 nitrogen and oxygen atoms in total. The van der Waals surface area contributed by atoms with Crippen LogP contribution >= 0.6 is 15.9 Å². The zero-order valence-electron chi connectivity index (χ0n) is 21.6. The molecule has 0 amide bonds. The molecule has 194 valence electrons. The zero-order valence-corrected chi connectivity index (χ0v) is 23.2. The molecule has 5 rings (SSSR count). The molecular formula is C32H30BrNO4. The van der Waals surface area contributed by atoms with E-state index in [1.54, 1.807) is 7.11 Å². The van der Waals surface area contributed by atoms with Gasteiger partial charge in [0.25, 0.3) is 0 Å². The Kier molecular flexibility index (Phi) is 7.99. The molecule has 1 aromatic heterocycles. The van der Waals surface area contributed by atoms with Crippen LogP contribution in [0.2, 0.25) is 0 Å². The Bertz CT molecular complexity index is 1570. The predicted octanol–water partition coefficient (Wildman–Crippen LogP) is 7.80. The highest BCUT2D eigenvalue weighted by Gasteiger charge is 2.25. The summed E-state index contributed by atoms with van der Waals surface area (Å²) in [4.78, 5) is 13.3. The number of carbonyl (C=O) groups is 1. The monoisotopic (exact) mass is 571 g/mol. The first-order valence-electron chi connectivity index (χ1n) is 12.8. The molecule has 0 fully saturated rings. The van der Waals surface area contributed by atoms with Crippen LogP contribution < -0.4 is 9.47 Å². The highest BCUT2D eigenvalue weighted by Crippen LogP contribution is 2.34. The average Bonchev–Trinajstić information content (AvgIpc) is 3.25. The molecule has 4 aromatic carbocycles. The number of rotatable bonds is 10. The van der Waals surface area contributed by atoms with E-state index in [2.05, 4.69) is 44.8 Å². The molecule has 0 saturated carbocycles. The molecule has 0 aliphatic heterocycles. The lowest BCUT2D eigenvalue weighted by Crippen LogP contribution is -2.15. The molecule has 0 bridgehead atoms. The lowest BCUT2D eigenvalue weighted by atomic mass is 10.1. The standard InChI is InChI=1S/C32H30BrNO4/c1-3-37-32(35)31-27(13-8-20-38-29-15-6-10-23-9-4-5-11-25(23)29)26-12-7-14-28(33)30(26)34(31)21-22-16-18-24(36-2)19-17-22/h4-7,9-12,14-19H,3,8,13,20-21H2,1-2H3. The number of para-hydroxylation sites is 1. The summed E-state index contributed by atoms with van der Waals surface area (Å²) >= 11 is 3.74. The number of aryl methyl sites for hydroxylation is 1. The maximum absolute atomic E-state index is 13.3. The van der Waals surface area contributed by atoms with Crippen LogP contribution in [0.4, 0.5) is 0 Å². The van der Waals surface area contributed by atoms with Crippen LogP contribution in [0.3, 0.4) is 0 Å². The van der Waals surface area contributed by atoms with Crippen LogP contribution in [0.5, 0.6) is 11.5 Å². The fourth-order valence-corrected chi connectivity index (χ4v) is 5.53. The van der Waals surface area contributed by atoms with Crippen molar-refractivity contribution in [1.29, 1.82) is 0 Å². The van der Waals surface area contributed by atoms with Gasteiger partial charge in [0.05, 0.1) is 25.8 Å². The minimum absolute atomic E-state index is 0.311. The number of esters is 1. The third kappa shape index (κ3) is 5.27. The van der Waals surface area contributed by atoms with E-state index < -0.39 is 0 Å². The third-order valence-electron chi connectivity index (χ3n) is 6.68. The normalized spacial score (nSPS) is 11.1. The van der Waals surface area contributed by atoms with Crippen LogP contribution in [0, 0.1) is 0 Å². The van der Waals surface area contributed by atoms with Crippen molar-refractivity contribution in [2.75, 3.05) is 20.3 Å². The molecule has 1 heterocycles. The third-order valence-corrected chi connectivity index (χ3v) is 7.32. The summed E-state index contributed by atoms with van der Waals surface area (Å²) in [6.45, 7) is 3.22. The van der Waals surface area contributed by atoms with Crippen LogP contribution in [0.15, 0.2) is 89.4 Å². The Labute approximate surface area is 231 Å². The molecule has 0 saturated heterocycles. The van der Waals surface area contributed by atoms with Crippen molar-refractivity contribution < 1.29 is 19.0 Å². The van der Waals surface area contributed by atoms with Crippen molar-refractivity contribution in [2.45, 2.75) is 26.3 Å². The first kappa shape index (κ1) is 25.9. The fraction of sp³-hybridized carbons (Fsp3) is 0.219. The van der Waals surface area contributed by atoms with Crippen molar-refractivity contribution in [1.82, 2.24) is 4.57 Å². The summed E-state index contributed by atoms with van der Waals surface area (Å²) in [7, 11) is 1.65. The van der Waals surface area contributed by atoms with Crippen LogP contribution in [0.25, 0.3) is 21.7 Å². The van der Waals surface area contributed by atoms with E-state index in [1.807, 2.05) is 67.6 Å². The minimum atomic E-state index is -0.311. The van der Waals surface area contributed by atoms with Crippen LogP contribution in [-0.4, -0.2) is 30.9 Å². The van der Waals surface area contributed by atoms with Crippen molar-refractivity contribution in [3.05, 3.63) is 106 Å². The van der Waals surface area contributed by atoms with E-state index in [0.717, 1.165) is 55.2 Å².